The molecule has 0 aliphatic carbocycles. The summed E-state index contributed by atoms with van der Waals surface area (Å²) in [5, 5.41) is 4.13. The van der Waals surface area contributed by atoms with E-state index in [1.165, 1.54) is 5.56 Å². The number of benzene rings is 1. The van der Waals surface area contributed by atoms with Gasteiger partial charge in [0, 0.05) is 14.2 Å². The molecule has 2 rings (SSSR count). The average molecular weight is 247 g/mol. The van der Waals surface area contributed by atoms with Crippen LogP contribution in [0.25, 0.3) is 0 Å². The Morgan fingerprint density at radius 1 is 1.28 bits per heavy atom. The maximum Gasteiger partial charge on any atom is 0.261 e. The summed E-state index contributed by atoms with van der Waals surface area (Å²) in [5.41, 5.74) is 7.50. The summed E-state index contributed by atoms with van der Waals surface area (Å²) < 4.78 is 12.3. The summed E-state index contributed by atoms with van der Waals surface area (Å²) in [7, 11) is 3.50. The molecule has 0 saturated heterocycles. The summed E-state index contributed by atoms with van der Waals surface area (Å²) in [6.07, 6.45) is 2.60. The molecular formula is C13H17N3O2. The second-order valence-corrected chi connectivity index (χ2v) is 4.05. The van der Waals surface area contributed by atoms with Crippen molar-refractivity contribution in [3.05, 3.63) is 36.0 Å². The number of nitrogens with two attached hydrogens (primary N) is 1. The molecule has 1 heterocycles. The van der Waals surface area contributed by atoms with Crippen LogP contribution >= 0.6 is 0 Å². The predicted octanol–water partition coefficient (Wildman–Crippen LogP) is 1.98. The molecule has 0 spiro atoms. The highest BCUT2D eigenvalue weighted by atomic mass is 16.5. The van der Waals surface area contributed by atoms with Crippen molar-refractivity contribution in [1.82, 2.24) is 9.78 Å². The molecule has 0 fully saturated rings. The minimum Gasteiger partial charge on any atom is -0.436 e. The van der Waals surface area contributed by atoms with Gasteiger partial charge < -0.3 is 15.2 Å². The molecule has 96 valence electrons. The predicted molar refractivity (Wildman–Crippen MR) is 69.7 cm³/mol. The molecule has 0 radical (unpaired) electrons. The van der Waals surface area contributed by atoms with E-state index >= 15 is 0 Å². The molecule has 1 aromatic heterocycles. The van der Waals surface area contributed by atoms with Gasteiger partial charge in [0.15, 0.2) is 0 Å². The Labute approximate surface area is 106 Å². The topological polar surface area (TPSA) is 62.3 Å². The van der Waals surface area contributed by atoms with Crippen LogP contribution in [0.4, 0.5) is 5.69 Å². The van der Waals surface area contributed by atoms with Crippen LogP contribution in [-0.4, -0.2) is 23.5 Å². The van der Waals surface area contributed by atoms with Crippen LogP contribution in [0.15, 0.2) is 30.5 Å². The van der Waals surface area contributed by atoms with E-state index < -0.39 is 0 Å². The largest absolute Gasteiger partial charge is 0.436 e. The monoisotopic (exact) mass is 247 g/mol. The summed E-state index contributed by atoms with van der Waals surface area (Å²) in [4.78, 5) is 0. The third-order valence-corrected chi connectivity index (χ3v) is 2.55. The lowest BCUT2D eigenvalue weighted by Gasteiger charge is -2.05. The number of anilines is 1. The Morgan fingerprint density at radius 2 is 2.00 bits per heavy atom. The third kappa shape index (κ3) is 3.01. The van der Waals surface area contributed by atoms with E-state index in [9.17, 15) is 0 Å². The fraction of sp³-hybridized carbons (Fsp3) is 0.308. The van der Waals surface area contributed by atoms with Gasteiger partial charge in [-0.1, -0.05) is 12.1 Å². The lowest BCUT2D eigenvalue weighted by molar-refractivity contribution is 0.202. The number of aryl methyl sites for hydroxylation is 1. The van der Waals surface area contributed by atoms with Gasteiger partial charge in [0.25, 0.3) is 5.88 Å². The number of methoxy groups -OCH3 is 1. The highest BCUT2D eigenvalue weighted by molar-refractivity contribution is 5.48. The minimum absolute atomic E-state index is 0.433. The number of rotatable bonds is 5. The van der Waals surface area contributed by atoms with Gasteiger partial charge in [0.05, 0.1) is 12.8 Å². The van der Waals surface area contributed by atoms with Crippen LogP contribution in [0.2, 0.25) is 0 Å². The first kappa shape index (κ1) is 12.4. The van der Waals surface area contributed by atoms with Crippen LogP contribution in [0.3, 0.4) is 0 Å². The Kier molecular flexibility index (Phi) is 3.84. The van der Waals surface area contributed by atoms with Crippen molar-refractivity contribution in [2.45, 2.75) is 6.42 Å². The van der Waals surface area contributed by atoms with Gasteiger partial charge in [-0.25, -0.2) is 0 Å². The number of hydrogen-bond donors (Lipinski definition) is 1. The first-order valence-electron chi connectivity index (χ1n) is 5.74. The molecule has 5 heteroatoms. The smallest absolute Gasteiger partial charge is 0.261 e. The molecule has 0 amide bonds. The van der Waals surface area contributed by atoms with Gasteiger partial charge in [-0.2, -0.15) is 0 Å². The normalized spacial score (nSPS) is 10.6. The van der Waals surface area contributed by atoms with Crippen molar-refractivity contribution in [3.8, 4) is 11.6 Å². The standard InChI is InChI=1S/C13H17N3O2/c1-16-9-12(14)13(15-16)18-11-5-3-10(4-6-11)7-8-17-2/h3-6,9H,7-8,14H2,1-2H3. The molecule has 5 nitrogen and oxygen atoms in total. The second-order valence-electron chi connectivity index (χ2n) is 4.05. The molecule has 18 heavy (non-hydrogen) atoms. The van der Waals surface area contributed by atoms with Crippen molar-refractivity contribution >= 4 is 5.69 Å². The Hall–Kier alpha value is -2.01. The summed E-state index contributed by atoms with van der Waals surface area (Å²) >= 11 is 0. The number of nitrogen functional groups attached to an aromatic ring is 1. The minimum atomic E-state index is 0.433. The van der Waals surface area contributed by atoms with E-state index in [4.69, 9.17) is 15.2 Å². The van der Waals surface area contributed by atoms with Crippen molar-refractivity contribution in [3.63, 3.8) is 0 Å². The summed E-state index contributed by atoms with van der Waals surface area (Å²) in [6.45, 7) is 0.716. The first-order chi connectivity index (χ1) is 8.69. The quantitative estimate of drug-likeness (QED) is 0.877. The van der Waals surface area contributed by atoms with Crippen molar-refractivity contribution in [2.24, 2.45) is 7.05 Å². The fourth-order valence-electron chi connectivity index (χ4n) is 1.62. The molecule has 1 aromatic carbocycles. The Morgan fingerprint density at radius 3 is 2.56 bits per heavy atom. The van der Waals surface area contributed by atoms with Gasteiger partial charge in [-0.05, 0) is 24.1 Å². The lowest BCUT2D eigenvalue weighted by atomic mass is 10.1. The van der Waals surface area contributed by atoms with Gasteiger partial charge in [0.2, 0.25) is 0 Å². The highest BCUT2D eigenvalue weighted by Crippen LogP contribution is 2.25. The van der Waals surface area contributed by atoms with E-state index in [0.29, 0.717) is 18.2 Å². The molecule has 0 saturated carbocycles. The van der Waals surface area contributed by atoms with E-state index in [-0.39, 0.29) is 0 Å². The van der Waals surface area contributed by atoms with Crippen LogP contribution in [-0.2, 0) is 18.2 Å². The Bertz CT molecular complexity index is 505. The van der Waals surface area contributed by atoms with Gasteiger partial charge in [-0.15, -0.1) is 5.10 Å². The number of hydrogen-bond acceptors (Lipinski definition) is 4. The van der Waals surface area contributed by atoms with Crippen molar-refractivity contribution < 1.29 is 9.47 Å². The van der Waals surface area contributed by atoms with Crippen molar-refractivity contribution in [2.75, 3.05) is 19.5 Å². The maximum absolute atomic E-state index is 5.76. The summed E-state index contributed by atoms with van der Waals surface area (Å²) in [5.74, 6) is 1.16. The molecule has 2 aromatic rings. The summed E-state index contributed by atoms with van der Waals surface area (Å²) in [6, 6.07) is 7.82. The van der Waals surface area contributed by atoms with E-state index in [1.807, 2.05) is 24.3 Å². The molecule has 0 aliphatic rings. The van der Waals surface area contributed by atoms with Crippen LogP contribution < -0.4 is 10.5 Å². The van der Waals surface area contributed by atoms with Gasteiger partial charge >= 0.3 is 0 Å². The molecule has 0 atom stereocenters. The SMILES string of the molecule is COCCc1ccc(Oc2nn(C)cc2N)cc1. The van der Waals surface area contributed by atoms with Gasteiger partial charge in [-0.3, -0.25) is 4.68 Å². The van der Waals surface area contributed by atoms with Crippen LogP contribution in [0.1, 0.15) is 5.56 Å². The van der Waals surface area contributed by atoms with Crippen molar-refractivity contribution in [1.29, 1.82) is 0 Å². The zero-order valence-corrected chi connectivity index (χ0v) is 10.6. The molecule has 0 aliphatic heterocycles. The number of aromatic nitrogens is 2. The lowest BCUT2D eigenvalue weighted by Crippen LogP contribution is -1.95. The number of nitrogens with zero attached hydrogens (tertiary/aromatic N) is 2. The molecule has 0 unspecified atom stereocenters. The van der Waals surface area contributed by atoms with E-state index in [1.54, 1.807) is 25.0 Å². The van der Waals surface area contributed by atoms with Gasteiger partial charge in [0.1, 0.15) is 11.4 Å². The zero-order valence-electron chi connectivity index (χ0n) is 10.6. The third-order valence-electron chi connectivity index (χ3n) is 2.55. The average Bonchev–Trinajstić information content (AvgIpc) is 2.67. The second kappa shape index (κ2) is 5.55. The first-order valence-corrected chi connectivity index (χ1v) is 5.74. The van der Waals surface area contributed by atoms with Crippen LogP contribution in [0, 0.1) is 0 Å². The zero-order chi connectivity index (χ0) is 13.0. The number of ether oxygens (including phenoxy) is 2. The Balaban J connectivity index is 2.04. The van der Waals surface area contributed by atoms with E-state index in [2.05, 4.69) is 5.10 Å². The van der Waals surface area contributed by atoms with Crippen LogP contribution in [0.5, 0.6) is 11.6 Å². The molecule has 0 bridgehead atoms. The molecular weight excluding hydrogens is 230 g/mol. The maximum atomic E-state index is 5.76. The molecule has 2 N–H and O–H groups in total. The highest BCUT2D eigenvalue weighted by Gasteiger charge is 2.06. The van der Waals surface area contributed by atoms with E-state index in [0.717, 1.165) is 12.2 Å². The fourth-order valence-corrected chi connectivity index (χ4v) is 1.62.